The van der Waals surface area contributed by atoms with Crippen LogP contribution < -0.4 is 0 Å². The van der Waals surface area contributed by atoms with Crippen molar-refractivity contribution in [2.45, 2.75) is 69.5 Å². The number of carbonyl (C=O) groups is 2. The summed E-state index contributed by atoms with van der Waals surface area (Å²) in [5.41, 5.74) is 1.46. The average Bonchev–Trinajstić information content (AvgIpc) is 3.32. The van der Waals surface area contributed by atoms with Gasteiger partial charge in [-0.15, -0.1) is 0 Å². The number of carbonyl (C=O) groups excluding carboxylic acids is 2. The van der Waals surface area contributed by atoms with E-state index >= 15 is 0 Å². The van der Waals surface area contributed by atoms with Crippen LogP contribution in [-0.2, 0) is 26.1 Å². The molecule has 0 bridgehead atoms. The normalized spacial score (nSPS) is 17.7. The van der Waals surface area contributed by atoms with Crippen LogP contribution in [-0.4, -0.2) is 58.4 Å². The molecule has 1 fully saturated rings. The number of ether oxygens (including phenoxy) is 1. The van der Waals surface area contributed by atoms with Crippen molar-refractivity contribution in [2.75, 3.05) is 13.1 Å². The van der Waals surface area contributed by atoms with Crippen LogP contribution in [0, 0.1) is 6.92 Å². The van der Waals surface area contributed by atoms with E-state index < -0.39 is 21.2 Å². The van der Waals surface area contributed by atoms with E-state index in [1.54, 1.807) is 53.6 Å². The van der Waals surface area contributed by atoms with Crippen LogP contribution in [0.4, 0.5) is 4.79 Å². The molecule has 0 N–H and O–H groups in total. The summed E-state index contributed by atoms with van der Waals surface area (Å²) in [7, 11) is -3.78. The Balaban J connectivity index is 1.42. The van der Waals surface area contributed by atoms with Gasteiger partial charge in [0.2, 0.25) is 5.91 Å². The number of hydrogen-bond acceptors (Lipinski definition) is 5. The topological polar surface area (TPSA) is 88.9 Å². The number of likely N-dealkylation sites (tertiary alicyclic amines) is 1. The highest BCUT2D eigenvalue weighted by molar-refractivity contribution is 7.90. The van der Waals surface area contributed by atoms with E-state index in [2.05, 4.69) is 0 Å². The number of fused-ring (bicyclic) bond motifs is 1. The Hall–Kier alpha value is -3.59. The van der Waals surface area contributed by atoms with E-state index in [1.165, 1.54) is 3.97 Å². The van der Waals surface area contributed by atoms with Crippen molar-refractivity contribution in [3.63, 3.8) is 0 Å². The molecule has 5 rings (SSSR count). The minimum absolute atomic E-state index is 0.0734. The van der Waals surface area contributed by atoms with Crippen LogP contribution in [0.1, 0.15) is 51.2 Å². The molecule has 2 aromatic carbocycles. The molecule has 0 unspecified atom stereocenters. The Morgan fingerprint density at radius 3 is 2.38 bits per heavy atom. The number of aryl methyl sites for hydroxylation is 1. The zero-order valence-corrected chi connectivity index (χ0v) is 23.7. The maximum Gasteiger partial charge on any atom is 0.410 e. The van der Waals surface area contributed by atoms with Gasteiger partial charge in [-0.05, 0) is 82.9 Å². The second-order valence-electron chi connectivity index (χ2n) is 11.5. The van der Waals surface area contributed by atoms with Crippen molar-refractivity contribution in [1.29, 1.82) is 0 Å². The van der Waals surface area contributed by atoms with Gasteiger partial charge in [-0.3, -0.25) is 4.79 Å². The van der Waals surface area contributed by atoms with E-state index in [0.717, 1.165) is 16.5 Å². The van der Waals surface area contributed by atoms with E-state index in [0.29, 0.717) is 44.4 Å². The molecule has 39 heavy (non-hydrogen) atoms. The Labute approximate surface area is 229 Å². The van der Waals surface area contributed by atoms with Gasteiger partial charge in [-0.2, -0.15) is 0 Å². The lowest BCUT2D eigenvalue weighted by molar-refractivity contribution is -0.136. The van der Waals surface area contributed by atoms with Crippen molar-refractivity contribution >= 4 is 32.9 Å². The van der Waals surface area contributed by atoms with Crippen molar-refractivity contribution in [1.82, 2.24) is 13.8 Å². The molecule has 1 saturated heterocycles. The molecular formula is C30H35N3O5S. The number of rotatable bonds is 4. The number of amides is 2. The molecular weight excluding hydrogens is 514 g/mol. The summed E-state index contributed by atoms with van der Waals surface area (Å²) in [6.07, 6.45) is 6.77. The third kappa shape index (κ3) is 5.20. The molecule has 2 aliphatic rings. The van der Waals surface area contributed by atoms with E-state index in [4.69, 9.17) is 4.74 Å². The average molecular weight is 550 g/mol. The zero-order valence-electron chi connectivity index (χ0n) is 22.9. The maximum atomic E-state index is 13.4. The van der Waals surface area contributed by atoms with Crippen molar-refractivity contribution in [3.8, 4) is 0 Å². The quantitative estimate of drug-likeness (QED) is 0.444. The summed E-state index contributed by atoms with van der Waals surface area (Å²) in [6, 6.07) is 14.2. The van der Waals surface area contributed by atoms with Crippen LogP contribution in [0.5, 0.6) is 0 Å². The fourth-order valence-corrected chi connectivity index (χ4v) is 6.86. The first-order chi connectivity index (χ1) is 18.4. The van der Waals surface area contributed by atoms with Gasteiger partial charge < -0.3 is 14.5 Å². The predicted octanol–water partition coefficient (Wildman–Crippen LogP) is 5.24. The molecule has 3 heterocycles. The standard InChI is InChI=1S/C30H35N3O5S/c1-22-10-12-24(13-11-22)39(36,37)33-18-14-25-23(7-5-8-26(25)33)21-32-27(34)9-6-15-30(32)16-19-31(20-17-30)28(35)38-29(2,3)4/h5-14,18H,15-17,19-21H2,1-4H3. The lowest BCUT2D eigenvalue weighted by atomic mass is 9.80. The highest BCUT2D eigenvalue weighted by Crippen LogP contribution is 2.38. The zero-order chi connectivity index (χ0) is 28.0. The summed E-state index contributed by atoms with van der Waals surface area (Å²) < 4.78 is 33.7. The molecule has 1 spiro atoms. The Kier molecular flexibility index (Phi) is 6.83. The second-order valence-corrected chi connectivity index (χ2v) is 13.3. The molecule has 0 radical (unpaired) electrons. The van der Waals surface area contributed by atoms with Crippen LogP contribution in [0.2, 0.25) is 0 Å². The second kappa shape index (κ2) is 9.86. The van der Waals surface area contributed by atoms with Gasteiger partial charge in [-0.25, -0.2) is 17.2 Å². The summed E-state index contributed by atoms with van der Waals surface area (Å²) in [6.45, 7) is 8.82. The summed E-state index contributed by atoms with van der Waals surface area (Å²) >= 11 is 0. The highest BCUT2D eigenvalue weighted by atomic mass is 32.2. The first-order valence-electron chi connectivity index (χ1n) is 13.3. The SMILES string of the molecule is Cc1ccc(S(=O)(=O)n2ccc3c(CN4C(=O)C=CCC45CCN(C(=O)OC(C)(C)C)CC5)cccc32)cc1. The molecule has 2 aliphatic heterocycles. The third-order valence-electron chi connectivity index (χ3n) is 7.64. The minimum atomic E-state index is -3.78. The van der Waals surface area contributed by atoms with Crippen LogP contribution in [0.25, 0.3) is 10.9 Å². The molecule has 2 amide bonds. The number of aromatic nitrogens is 1. The highest BCUT2D eigenvalue weighted by Gasteiger charge is 2.44. The Bertz CT molecular complexity index is 1540. The third-order valence-corrected chi connectivity index (χ3v) is 9.34. The number of hydrogen-bond donors (Lipinski definition) is 0. The van der Waals surface area contributed by atoms with Gasteiger partial charge in [0.15, 0.2) is 0 Å². The first kappa shape index (κ1) is 27.0. The monoisotopic (exact) mass is 549 g/mol. The number of piperidine rings is 1. The molecule has 3 aromatic rings. The molecule has 9 heteroatoms. The van der Waals surface area contributed by atoms with Gasteiger partial charge in [0, 0.05) is 31.2 Å². The smallest absolute Gasteiger partial charge is 0.410 e. The van der Waals surface area contributed by atoms with Crippen LogP contribution >= 0.6 is 0 Å². The van der Waals surface area contributed by atoms with Crippen LogP contribution in [0.3, 0.4) is 0 Å². The van der Waals surface area contributed by atoms with Crippen molar-refractivity contribution in [2.24, 2.45) is 0 Å². The fourth-order valence-electron chi connectivity index (χ4n) is 5.51. The van der Waals surface area contributed by atoms with Crippen LogP contribution in [0.15, 0.2) is 71.8 Å². The predicted molar refractivity (Wildman–Crippen MR) is 150 cm³/mol. The lowest BCUT2D eigenvalue weighted by Crippen LogP contribution is -2.58. The first-order valence-corrected chi connectivity index (χ1v) is 14.7. The summed E-state index contributed by atoms with van der Waals surface area (Å²) in [5.74, 6) is -0.0734. The molecule has 8 nitrogen and oxygen atoms in total. The van der Waals surface area contributed by atoms with Crippen molar-refractivity contribution < 1.29 is 22.7 Å². The molecule has 0 saturated carbocycles. The van der Waals surface area contributed by atoms with Gasteiger partial charge in [0.05, 0.1) is 16.0 Å². The lowest BCUT2D eigenvalue weighted by Gasteiger charge is -2.49. The number of nitrogens with zero attached hydrogens (tertiary/aromatic N) is 3. The van der Waals surface area contributed by atoms with Gasteiger partial charge >= 0.3 is 6.09 Å². The van der Waals surface area contributed by atoms with Gasteiger partial charge in [0.1, 0.15) is 5.60 Å². The van der Waals surface area contributed by atoms with E-state index in [-0.39, 0.29) is 16.9 Å². The molecule has 0 atom stereocenters. The van der Waals surface area contributed by atoms with E-state index in [1.807, 2.05) is 50.8 Å². The number of benzene rings is 2. The van der Waals surface area contributed by atoms with Crippen molar-refractivity contribution in [3.05, 3.63) is 78.0 Å². The summed E-state index contributed by atoms with van der Waals surface area (Å²) in [4.78, 5) is 29.7. The fraction of sp³-hybridized carbons (Fsp3) is 0.400. The maximum absolute atomic E-state index is 13.4. The molecule has 206 valence electrons. The van der Waals surface area contributed by atoms with Gasteiger partial charge in [-0.1, -0.05) is 35.9 Å². The van der Waals surface area contributed by atoms with E-state index in [9.17, 15) is 18.0 Å². The molecule has 0 aliphatic carbocycles. The molecule has 1 aromatic heterocycles. The van der Waals surface area contributed by atoms with Gasteiger partial charge in [0.25, 0.3) is 10.0 Å². The Morgan fingerprint density at radius 1 is 1.03 bits per heavy atom. The minimum Gasteiger partial charge on any atom is -0.444 e. The Morgan fingerprint density at radius 2 is 1.72 bits per heavy atom. The largest absolute Gasteiger partial charge is 0.444 e. The summed E-state index contributed by atoms with van der Waals surface area (Å²) in [5, 5.41) is 0.789.